The van der Waals surface area contributed by atoms with Crippen LogP contribution in [-0.2, 0) is 0 Å². The molecule has 0 aliphatic carbocycles. The van der Waals surface area contributed by atoms with Crippen LogP contribution in [0.2, 0.25) is 0 Å². The van der Waals surface area contributed by atoms with Crippen molar-refractivity contribution in [2.75, 3.05) is 12.4 Å². The lowest BCUT2D eigenvalue weighted by Gasteiger charge is -2.19. The SMILES string of the molecule is CCC(Nc1ccnc(C(=O)NC)c1)c1ccccc1. The van der Waals surface area contributed by atoms with Crippen LogP contribution in [-0.4, -0.2) is 17.9 Å². The van der Waals surface area contributed by atoms with E-state index in [0.717, 1.165) is 12.1 Å². The highest BCUT2D eigenvalue weighted by Crippen LogP contribution is 2.22. The lowest BCUT2D eigenvalue weighted by Crippen LogP contribution is -2.19. The van der Waals surface area contributed by atoms with E-state index in [9.17, 15) is 4.79 Å². The maximum absolute atomic E-state index is 11.6. The highest BCUT2D eigenvalue weighted by molar-refractivity contribution is 5.92. The number of hydrogen-bond acceptors (Lipinski definition) is 3. The van der Waals surface area contributed by atoms with Gasteiger partial charge in [0.2, 0.25) is 0 Å². The predicted octanol–water partition coefficient (Wildman–Crippen LogP) is 3.00. The van der Waals surface area contributed by atoms with E-state index in [0.29, 0.717) is 5.69 Å². The molecule has 104 valence electrons. The average Bonchev–Trinajstić information content (AvgIpc) is 2.53. The van der Waals surface area contributed by atoms with E-state index >= 15 is 0 Å². The molecule has 2 aromatic rings. The first-order valence-electron chi connectivity index (χ1n) is 6.74. The fourth-order valence-electron chi connectivity index (χ4n) is 2.08. The van der Waals surface area contributed by atoms with E-state index in [-0.39, 0.29) is 11.9 Å². The molecule has 0 aliphatic heterocycles. The number of nitrogens with zero attached hydrogens (tertiary/aromatic N) is 1. The third-order valence-electron chi connectivity index (χ3n) is 3.17. The average molecular weight is 269 g/mol. The van der Waals surface area contributed by atoms with E-state index < -0.39 is 0 Å². The smallest absolute Gasteiger partial charge is 0.269 e. The molecule has 0 fully saturated rings. The minimum atomic E-state index is -0.179. The van der Waals surface area contributed by atoms with Crippen molar-refractivity contribution < 1.29 is 4.79 Å². The number of carbonyl (C=O) groups is 1. The van der Waals surface area contributed by atoms with Crippen LogP contribution < -0.4 is 10.6 Å². The summed E-state index contributed by atoms with van der Waals surface area (Å²) in [5, 5.41) is 6.02. The van der Waals surface area contributed by atoms with Crippen LogP contribution in [0.5, 0.6) is 0 Å². The summed E-state index contributed by atoms with van der Waals surface area (Å²) in [6.45, 7) is 2.13. The van der Waals surface area contributed by atoms with E-state index in [1.165, 1.54) is 5.56 Å². The lowest BCUT2D eigenvalue weighted by molar-refractivity contribution is 0.0958. The van der Waals surface area contributed by atoms with Gasteiger partial charge in [0.1, 0.15) is 5.69 Å². The van der Waals surface area contributed by atoms with Crippen molar-refractivity contribution >= 4 is 11.6 Å². The molecule has 1 aromatic heterocycles. The zero-order valence-electron chi connectivity index (χ0n) is 11.8. The molecule has 4 nitrogen and oxygen atoms in total. The minimum Gasteiger partial charge on any atom is -0.378 e. The van der Waals surface area contributed by atoms with Gasteiger partial charge < -0.3 is 10.6 Å². The minimum absolute atomic E-state index is 0.179. The normalized spacial score (nSPS) is 11.7. The van der Waals surface area contributed by atoms with Crippen molar-refractivity contribution in [2.45, 2.75) is 19.4 Å². The molecular formula is C16H19N3O. The standard InChI is InChI=1S/C16H19N3O/c1-3-14(12-7-5-4-6-8-12)19-13-9-10-18-15(11-13)16(20)17-2/h4-11,14H,3H2,1-2H3,(H,17,20)(H,18,19). The molecule has 1 aromatic carbocycles. The van der Waals surface area contributed by atoms with E-state index in [2.05, 4.69) is 34.7 Å². The van der Waals surface area contributed by atoms with E-state index in [1.54, 1.807) is 19.3 Å². The summed E-state index contributed by atoms with van der Waals surface area (Å²) in [4.78, 5) is 15.7. The largest absolute Gasteiger partial charge is 0.378 e. The monoisotopic (exact) mass is 269 g/mol. The molecule has 0 spiro atoms. The summed E-state index contributed by atoms with van der Waals surface area (Å²) < 4.78 is 0. The van der Waals surface area contributed by atoms with Gasteiger partial charge in [-0.15, -0.1) is 0 Å². The van der Waals surface area contributed by atoms with Gasteiger partial charge in [0, 0.05) is 18.9 Å². The topological polar surface area (TPSA) is 54.0 Å². The van der Waals surface area contributed by atoms with E-state index in [1.807, 2.05) is 24.3 Å². The van der Waals surface area contributed by atoms with Gasteiger partial charge in [-0.1, -0.05) is 37.3 Å². The molecule has 20 heavy (non-hydrogen) atoms. The Labute approximate surface area is 119 Å². The highest BCUT2D eigenvalue weighted by Gasteiger charge is 2.10. The van der Waals surface area contributed by atoms with Gasteiger partial charge in [0.05, 0.1) is 6.04 Å². The zero-order chi connectivity index (χ0) is 14.4. The molecule has 1 amide bonds. The molecule has 4 heteroatoms. The third-order valence-corrected chi connectivity index (χ3v) is 3.17. The molecule has 1 atom stereocenters. The van der Waals surface area contributed by atoms with Crippen LogP contribution in [0.4, 0.5) is 5.69 Å². The Hall–Kier alpha value is -2.36. The van der Waals surface area contributed by atoms with Crippen molar-refractivity contribution in [1.82, 2.24) is 10.3 Å². The second-order valence-corrected chi connectivity index (χ2v) is 4.52. The maximum Gasteiger partial charge on any atom is 0.269 e. The summed E-state index contributed by atoms with van der Waals surface area (Å²) >= 11 is 0. The first-order chi connectivity index (χ1) is 9.74. The molecule has 0 aliphatic rings. The summed E-state index contributed by atoms with van der Waals surface area (Å²) in [7, 11) is 1.60. The number of rotatable bonds is 5. The van der Waals surface area contributed by atoms with Crippen LogP contribution in [0.3, 0.4) is 0 Å². The summed E-state index contributed by atoms with van der Waals surface area (Å²) in [5.74, 6) is -0.179. The molecule has 1 unspecified atom stereocenters. The Morgan fingerprint density at radius 3 is 2.65 bits per heavy atom. The van der Waals surface area contributed by atoms with Crippen molar-refractivity contribution in [2.24, 2.45) is 0 Å². The van der Waals surface area contributed by atoms with E-state index in [4.69, 9.17) is 0 Å². The quantitative estimate of drug-likeness (QED) is 0.877. The van der Waals surface area contributed by atoms with Gasteiger partial charge in [-0.3, -0.25) is 9.78 Å². The Morgan fingerprint density at radius 1 is 1.25 bits per heavy atom. The number of nitrogens with one attached hydrogen (secondary N) is 2. The molecule has 2 rings (SSSR count). The summed E-state index contributed by atoms with van der Waals surface area (Å²) in [6, 6.07) is 14.1. The number of carbonyl (C=O) groups excluding carboxylic acids is 1. The second-order valence-electron chi connectivity index (χ2n) is 4.52. The maximum atomic E-state index is 11.6. The lowest BCUT2D eigenvalue weighted by atomic mass is 10.0. The van der Waals surface area contributed by atoms with Crippen LogP contribution in [0.15, 0.2) is 48.7 Å². The number of pyridine rings is 1. The Kier molecular flexibility index (Phi) is 4.71. The fraction of sp³-hybridized carbons (Fsp3) is 0.250. The summed E-state index contributed by atoms with van der Waals surface area (Å²) in [5.41, 5.74) is 2.54. The number of benzene rings is 1. The van der Waals surface area contributed by atoms with Crippen LogP contribution in [0, 0.1) is 0 Å². The van der Waals surface area contributed by atoms with Crippen molar-refractivity contribution in [3.8, 4) is 0 Å². The van der Waals surface area contributed by atoms with Gasteiger partial charge in [0.15, 0.2) is 0 Å². The molecule has 0 radical (unpaired) electrons. The number of amides is 1. The van der Waals surface area contributed by atoms with Crippen molar-refractivity contribution in [3.05, 3.63) is 59.9 Å². The van der Waals surface area contributed by atoms with Crippen molar-refractivity contribution in [1.29, 1.82) is 0 Å². The van der Waals surface area contributed by atoms with Crippen LogP contribution in [0.25, 0.3) is 0 Å². The Bertz CT molecular complexity index is 569. The zero-order valence-corrected chi connectivity index (χ0v) is 11.8. The predicted molar refractivity (Wildman–Crippen MR) is 80.7 cm³/mol. The number of anilines is 1. The van der Waals surface area contributed by atoms with Gasteiger partial charge in [-0.25, -0.2) is 0 Å². The summed E-state index contributed by atoms with van der Waals surface area (Å²) in [6.07, 6.45) is 2.60. The molecule has 0 saturated heterocycles. The van der Waals surface area contributed by atoms with Crippen LogP contribution in [0.1, 0.15) is 35.4 Å². The number of hydrogen-bond donors (Lipinski definition) is 2. The third kappa shape index (κ3) is 3.35. The first-order valence-corrected chi connectivity index (χ1v) is 6.74. The van der Waals surface area contributed by atoms with Gasteiger partial charge in [-0.2, -0.15) is 0 Å². The first kappa shape index (κ1) is 14.1. The fourth-order valence-corrected chi connectivity index (χ4v) is 2.08. The molecule has 1 heterocycles. The molecule has 0 bridgehead atoms. The Morgan fingerprint density at radius 2 is 2.00 bits per heavy atom. The van der Waals surface area contributed by atoms with Crippen molar-refractivity contribution in [3.63, 3.8) is 0 Å². The molecule has 0 saturated carbocycles. The second kappa shape index (κ2) is 6.70. The van der Waals surface area contributed by atoms with Gasteiger partial charge >= 0.3 is 0 Å². The molecular weight excluding hydrogens is 250 g/mol. The molecule has 2 N–H and O–H groups in total. The number of aromatic nitrogens is 1. The van der Waals surface area contributed by atoms with Gasteiger partial charge in [0.25, 0.3) is 5.91 Å². The highest BCUT2D eigenvalue weighted by atomic mass is 16.1. The van der Waals surface area contributed by atoms with Crippen LogP contribution >= 0.6 is 0 Å². The van der Waals surface area contributed by atoms with Gasteiger partial charge in [-0.05, 0) is 24.1 Å². The Balaban J connectivity index is 2.18.